The maximum absolute atomic E-state index is 12.7. The highest BCUT2D eigenvalue weighted by Crippen LogP contribution is 2.29. The van der Waals surface area contributed by atoms with Crippen molar-refractivity contribution in [3.8, 4) is 0 Å². The van der Waals surface area contributed by atoms with E-state index in [9.17, 15) is 17.1 Å². The lowest BCUT2D eigenvalue weighted by molar-refractivity contribution is 0.0697. The van der Waals surface area contributed by atoms with Gasteiger partial charge in [0, 0.05) is 4.47 Å². The van der Waals surface area contributed by atoms with Crippen LogP contribution in [-0.4, -0.2) is 19.5 Å². The highest BCUT2D eigenvalue weighted by atomic mass is 79.9. The van der Waals surface area contributed by atoms with Crippen molar-refractivity contribution in [1.29, 1.82) is 0 Å². The fourth-order valence-electron chi connectivity index (χ4n) is 0.880. The van der Waals surface area contributed by atoms with Crippen LogP contribution in [0.5, 0.6) is 0 Å². The van der Waals surface area contributed by atoms with Crippen molar-refractivity contribution in [2.45, 2.75) is 4.90 Å². The maximum atomic E-state index is 12.7. The molecule has 15 heavy (non-hydrogen) atoms. The molecule has 0 fully saturated rings. The average Bonchev–Trinajstić information content (AvgIpc) is 2.00. The molecule has 0 amide bonds. The normalized spacial score (nSPS) is 11.4. The van der Waals surface area contributed by atoms with Crippen molar-refractivity contribution < 1.29 is 22.2 Å². The lowest BCUT2D eigenvalue weighted by Crippen LogP contribution is -2.02. The predicted octanol–water partition coefficient (Wildman–Crippen LogP) is 2.46. The van der Waals surface area contributed by atoms with E-state index in [0.29, 0.717) is 6.07 Å². The first-order valence-corrected chi connectivity index (χ1v) is 5.96. The molecule has 0 unspecified atom stereocenters. The van der Waals surface area contributed by atoms with E-state index >= 15 is 0 Å². The van der Waals surface area contributed by atoms with Crippen molar-refractivity contribution in [1.82, 2.24) is 0 Å². The van der Waals surface area contributed by atoms with Gasteiger partial charge in [-0.25, -0.2) is 4.79 Å². The van der Waals surface area contributed by atoms with Crippen LogP contribution in [0.4, 0.5) is 3.89 Å². The summed E-state index contributed by atoms with van der Waals surface area (Å²) >= 11 is 8.29. The molecule has 0 aliphatic rings. The monoisotopic (exact) mass is 316 g/mol. The van der Waals surface area contributed by atoms with Crippen molar-refractivity contribution in [2.24, 2.45) is 0 Å². The highest BCUT2D eigenvalue weighted by Gasteiger charge is 2.21. The fourth-order valence-corrected chi connectivity index (χ4v) is 2.73. The van der Waals surface area contributed by atoms with E-state index in [1.807, 2.05) is 0 Å². The molecule has 1 N–H and O–H groups in total. The topological polar surface area (TPSA) is 71.4 Å². The minimum atomic E-state index is -4.98. The molecule has 0 aliphatic heterocycles. The number of carboxylic acid groups (broad SMARTS) is 1. The van der Waals surface area contributed by atoms with Crippen LogP contribution in [0.1, 0.15) is 10.4 Å². The van der Waals surface area contributed by atoms with E-state index in [0.717, 1.165) is 6.07 Å². The summed E-state index contributed by atoms with van der Waals surface area (Å²) in [6.45, 7) is 0. The Balaban J connectivity index is 3.58. The Bertz CT molecular complexity index is 528. The van der Waals surface area contributed by atoms with Gasteiger partial charge in [-0.15, -0.1) is 3.89 Å². The first-order valence-electron chi connectivity index (χ1n) is 3.40. The zero-order valence-corrected chi connectivity index (χ0v) is 10.0. The van der Waals surface area contributed by atoms with Gasteiger partial charge in [-0.3, -0.25) is 0 Å². The van der Waals surface area contributed by atoms with Crippen molar-refractivity contribution in [3.05, 3.63) is 27.2 Å². The van der Waals surface area contributed by atoms with Crippen molar-refractivity contribution >= 4 is 43.7 Å². The molecular weight excluding hydrogens is 314 g/mol. The molecular formula is C7H3BrClFO4S. The van der Waals surface area contributed by atoms with Gasteiger partial charge >= 0.3 is 16.2 Å². The molecule has 0 aromatic heterocycles. The summed E-state index contributed by atoms with van der Waals surface area (Å²) in [6.07, 6.45) is 0. The SMILES string of the molecule is O=C(O)c1cc(S(=O)(=O)F)c(Br)cc1Cl. The van der Waals surface area contributed by atoms with E-state index in [1.165, 1.54) is 0 Å². The molecule has 1 rings (SSSR count). The summed E-state index contributed by atoms with van der Waals surface area (Å²) in [7, 11) is -4.98. The van der Waals surface area contributed by atoms with Gasteiger partial charge in [0.05, 0.1) is 10.6 Å². The number of aromatic carboxylic acids is 1. The molecule has 0 atom stereocenters. The summed E-state index contributed by atoms with van der Waals surface area (Å²) in [4.78, 5) is 9.84. The van der Waals surface area contributed by atoms with E-state index < -0.39 is 26.7 Å². The maximum Gasteiger partial charge on any atom is 0.337 e. The second kappa shape index (κ2) is 4.07. The Morgan fingerprint density at radius 1 is 1.47 bits per heavy atom. The third kappa shape index (κ3) is 2.67. The second-order valence-corrected chi connectivity index (χ2v) is 5.08. The first kappa shape index (κ1) is 12.4. The summed E-state index contributed by atoms with van der Waals surface area (Å²) in [5.41, 5.74) is -0.476. The molecule has 82 valence electrons. The molecule has 0 spiro atoms. The molecule has 0 radical (unpaired) electrons. The van der Waals surface area contributed by atoms with Crippen LogP contribution in [0.3, 0.4) is 0 Å². The van der Waals surface area contributed by atoms with Crippen LogP contribution in [0.2, 0.25) is 5.02 Å². The molecule has 4 nitrogen and oxygen atoms in total. The number of carbonyl (C=O) groups is 1. The Hall–Kier alpha value is -0.660. The zero-order valence-electron chi connectivity index (χ0n) is 6.87. The number of benzene rings is 1. The van der Waals surface area contributed by atoms with Crippen LogP contribution >= 0.6 is 27.5 Å². The van der Waals surface area contributed by atoms with Gasteiger partial charge < -0.3 is 5.11 Å². The van der Waals surface area contributed by atoms with E-state index in [4.69, 9.17) is 16.7 Å². The minimum Gasteiger partial charge on any atom is -0.478 e. The lowest BCUT2D eigenvalue weighted by Gasteiger charge is -2.03. The van der Waals surface area contributed by atoms with Crippen LogP contribution in [0.15, 0.2) is 21.5 Å². The van der Waals surface area contributed by atoms with Gasteiger partial charge in [-0.1, -0.05) is 11.6 Å². The van der Waals surface area contributed by atoms with Crippen molar-refractivity contribution in [2.75, 3.05) is 0 Å². The van der Waals surface area contributed by atoms with Gasteiger partial charge in [0.25, 0.3) is 0 Å². The van der Waals surface area contributed by atoms with Gasteiger partial charge in [-0.05, 0) is 28.1 Å². The van der Waals surface area contributed by atoms with Gasteiger partial charge in [0.2, 0.25) is 0 Å². The quantitative estimate of drug-likeness (QED) is 0.851. The molecule has 0 bridgehead atoms. The molecule has 0 heterocycles. The molecule has 1 aromatic carbocycles. The first-order chi connectivity index (χ1) is 6.73. The minimum absolute atomic E-state index is 0.125. The van der Waals surface area contributed by atoms with Crippen LogP contribution in [0.25, 0.3) is 0 Å². The smallest absolute Gasteiger partial charge is 0.337 e. The molecule has 1 aromatic rings. The third-order valence-electron chi connectivity index (χ3n) is 1.51. The van der Waals surface area contributed by atoms with E-state index in [1.54, 1.807) is 0 Å². The fraction of sp³-hybridized carbons (Fsp3) is 0. The molecule has 8 heteroatoms. The summed E-state index contributed by atoms with van der Waals surface area (Å²) in [5, 5.41) is 8.45. The van der Waals surface area contributed by atoms with E-state index in [2.05, 4.69) is 15.9 Å². The van der Waals surface area contributed by atoms with Crippen LogP contribution in [0, 0.1) is 0 Å². The van der Waals surface area contributed by atoms with E-state index in [-0.39, 0.29) is 9.50 Å². The summed E-state index contributed by atoms with van der Waals surface area (Å²) < 4.78 is 33.8. The Morgan fingerprint density at radius 3 is 2.40 bits per heavy atom. The zero-order chi connectivity index (χ0) is 11.8. The van der Waals surface area contributed by atoms with Gasteiger partial charge in [0.15, 0.2) is 0 Å². The Labute approximate surface area is 98.0 Å². The summed E-state index contributed by atoms with van der Waals surface area (Å²) in [5.74, 6) is -1.43. The number of carboxylic acids is 1. The van der Waals surface area contributed by atoms with Gasteiger partial charge in [-0.2, -0.15) is 8.42 Å². The second-order valence-electron chi connectivity index (χ2n) is 2.51. The third-order valence-corrected chi connectivity index (χ3v) is 3.61. The van der Waals surface area contributed by atoms with Crippen LogP contribution < -0.4 is 0 Å². The predicted molar refractivity (Wildman–Crippen MR) is 54.4 cm³/mol. The Kier molecular flexibility index (Phi) is 3.37. The number of halogens is 3. The molecule has 0 aliphatic carbocycles. The van der Waals surface area contributed by atoms with Crippen molar-refractivity contribution in [3.63, 3.8) is 0 Å². The summed E-state index contributed by atoms with van der Waals surface area (Å²) in [6, 6.07) is 1.67. The molecule has 0 saturated heterocycles. The number of rotatable bonds is 2. The van der Waals surface area contributed by atoms with Crippen LogP contribution in [-0.2, 0) is 10.2 Å². The average molecular weight is 318 g/mol. The number of hydrogen-bond donors (Lipinski definition) is 1. The largest absolute Gasteiger partial charge is 0.478 e. The standard InChI is InChI=1S/C7H3BrClFO4S/c8-4-2-5(9)3(7(11)12)1-6(4)15(10,13)14/h1-2H,(H,11,12). The van der Waals surface area contributed by atoms with Gasteiger partial charge in [0.1, 0.15) is 4.90 Å². The molecule has 0 saturated carbocycles. The highest BCUT2D eigenvalue weighted by molar-refractivity contribution is 9.10. The lowest BCUT2D eigenvalue weighted by atomic mass is 10.2. The Morgan fingerprint density at radius 2 is 2.00 bits per heavy atom. The number of hydrogen-bond acceptors (Lipinski definition) is 3.